The van der Waals surface area contributed by atoms with Gasteiger partial charge in [-0.25, -0.2) is 0 Å². The maximum absolute atomic E-state index is 2.19. The highest BCUT2D eigenvalue weighted by Gasteiger charge is 1.96. The van der Waals surface area contributed by atoms with Gasteiger partial charge in [0.15, 0.2) is 0 Å². The van der Waals surface area contributed by atoms with Gasteiger partial charge >= 0.3 is 0 Å². The van der Waals surface area contributed by atoms with Crippen LogP contribution >= 0.6 is 0 Å². The third-order valence-electron chi connectivity index (χ3n) is 1.88. The van der Waals surface area contributed by atoms with Gasteiger partial charge in [0.1, 0.15) is 7.85 Å². The molecule has 17 heavy (non-hydrogen) atoms. The monoisotopic (exact) mass is 224 g/mol. The van der Waals surface area contributed by atoms with Crippen molar-refractivity contribution in [1.82, 2.24) is 0 Å². The van der Waals surface area contributed by atoms with Gasteiger partial charge in [0.05, 0.1) is 0 Å². The van der Waals surface area contributed by atoms with Crippen LogP contribution in [0.1, 0.15) is 20.8 Å². The van der Waals surface area contributed by atoms with E-state index in [-0.39, 0.29) is 0 Å². The highest BCUT2D eigenvalue weighted by molar-refractivity contribution is 6.14. The summed E-state index contributed by atoms with van der Waals surface area (Å²) < 4.78 is 0. The van der Waals surface area contributed by atoms with Crippen LogP contribution in [-0.2, 0) is 0 Å². The smallest absolute Gasteiger partial charge is 0.0675 e. The van der Waals surface area contributed by atoms with E-state index >= 15 is 0 Å². The average molecular weight is 224 g/mol. The molecular weight excluding hydrogens is 203 g/mol. The SMILES string of the molecule is BC(C)(C)C.c1ccc(-c2ccccc2)cc1. The van der Waals surface area contributed by atoms with Crippen molar-refractivity contribution in [2.45, 2.75) is 26.1 Å². The third kappa shape index (κ3) is 6.62. The molecule has 1 heteroatoms. The van der Waals surface area contributed by atoms with Crippen molar-refractivity contribution in [1.29, 1.82) is 0 Å². The Morgan fingerprint density at radius 1 is 0.647 bits per heavy atom. The van der Waals surface area contributed by atoms with Gasteiger partial charge in [-0.3, -0.25) is 0 Å². The lowest BCUT2D eigenvalue weighted by Gasteiger charge is -2.05. The summed E-state index contributed by atoms with van der Waals surface area (Å²) in [4.78, 5) is 0. The van der Waals surface area contributed by atoms with Crippen LogP contribution in [0.3, 0.4) is 0 Å². The fraction of sp³-hybridized carbons (Fsp3) is 0.250. The molecule has 0 aliphatic carbocycles. The largest absolute Gasteiger partial charge is 0.108 e. The Kier molecular flexibility index (Phi) is 5.02. The van der Waals surface area contributed by atoms with Gasteiger partial charge in [-0.1, -0.05) is 86.7 Å². The van der Waals surface area contributed by atoms with Crippen LogP contribution in [0.2, 0.25) is 5.31 Å². The molecule has 0 fully saturated rings. The summed E-state index contributed by atoms with van der Waals surface area (Å²) in [6, 6.07) is 20.8. The number of benzene rings is 2. The van der Waals surface area contributed by atoms with E-state index in [1.807, 2.05) is 12.1 Å². The van der Waals surface area contributed by atoms with Crippen LogP contribution in [0.4, 0.5) is 0 Å². The molecule has 2 aromatic rings. The first-order valence-electron chi connectivity index (χ1n) is 6.07. The molecule has 0 aliphatic heterocycles. The van der Waals surface area contributed by atoms with Crippen molar-refractivity contribution in [3.8, 4) is 11.1 Å². The molecular formula is C16H21B. The van der Waals surface area contributed by atoms with Gasteiger partial charge in [-0.2, -0.15) is 0 Å². The summed E-state index contributed by atoms with van der Waals surface area (Å²) in [5, 5.41) is 0.500. The van der Waals surface area contributed by atoms with Crippen molar-refractivity contribution in [3.63, 3.8) is 0 Å². The predicted octanol–water partition coefficient (Wildman–Crippen LogP) is 4.19. The van der Waals surface area contributed by atoms with E-state index in [2.05, 4.69) is 77.1 Å². The molecule has 2 aromatic carbocycles. The van der Waals surface area contributed by atoms with Gasteiger partial charge in [-0.15, -0.1) is 0 Å². The van der Waals surface area contributed by atoms with E-state index < -0.39 is 0 Å². The van der Waals surface area contributed by atoms with E-state index in [0.717, 1.165) is 0 Å². The predicted molar refractivity (Wildman–Crippen MR) is 80.1 cm³/mol. The van der Waals surface area contributed by atoms with E-state index in [4.69, 9.17) is 0 Å². The standard InChI is InChI=1S/C12H10.C4H11B/c1-3-7-11(8-4-1)12-9-5-2-6-10-12;1-4(2,3)5/h1-10H;5H2,1-3H3. The molecule has 0 radical (unpaired) electrons. The number of hydrogen-bond acceptors (Lipinski definition) is 0. The molecule has 0 aliphatic rings. The van der Waals surface area contributed by atoms with Crippen LogP contribution in [0.15, 0.2) is 60.7 Å². The van der Waals surface area contributed by atoms with E-state index in [9.17, 15) is 0 Å². The van der Waals surface area contributed by atoms with Crippen molar-refractivity contribution >= 4 is 7.85 Å². The lowest BCUT2D eigenvalue weighted by Crippen LogP contribution is -1.90. The van der Waals surface area contributed by atoms with Crippen LogP contribution in [0.25, 0.3) is 11.1 Å². The molecule has 0 saturated carbocycles. The van der Waals surface area contributed by atoms with Crippen molar-refractivity contribution in [3.05, 3.63) is 60.7 Å². The van der Waals surface area contributed by atoms with Crippen LogP contribution in [0.5, 0.6) is 0 Å². The molecule has 0 aromatic heterocycles. The van der Waals surface area contributed by atoms with Crippen molar-refractivity contribution in [2.24, 2.45) is 0 Å². The Labute approximate surface area is 106 Å². The Balaban J connectivity index is 0.000000249. The minimum absolute atomic E-state index is 0.500. The van der Waals surface area contributed by atoms with E-state index in [0.29, 0.717) is 5.31 Å². The average Bonchev–Trinajstić information content (AvgIpc) is 2.29. The molecule has 2 rings (SSSR count). The normalized spacial score (nSPS) is 10.3. The third-order valence-corrected chi connectivity index (χ3v) is 1.88. The van der Waals surface area contributed by atoms with Crippen LogP contribution < -0.4 is 0 Å². The van der Waals surface area contributed by atoms with E-state index in [1.54, 1.807) is 0 Å². The lowest BCUT2D eigenvalue weighted by atomic mass is 9.75. The quantitative estimate of drug-likeness (QED) is 0.637. The zero-order valence-corrected chi connectivity index (χ0v) is 11.3. The molecule has 0 N–H and O–H groups in total. The maximum atomic E-state index is 2.19. The summed E-state index contributed by atoms with van der Waals surface area (Å²) in [5.41, 5.74) is 2.55. The summed E-state index contributed by atoms with van der Waals surface area (Å²) in [6.07, 6.45) is 0. The second kappa shape index (κ2) is 6.29. The Bertz CT molecular complexity index is 369. The second-order valence-electron chi connectivity index (χ2n) is 5.73. The molecule has 0 amide bonds. The van der Waals surface area contributed by atoms with Crippen LogP contribution in [0, 0.1) is 0 Å². The first kappa shape index (κ1) is 13.6. The molecule has 0 spiro atoms. The Morgan fingerprint density at radius 2 is 0.882 bits per heavy atom. The Morgan fingerprint density at radius 3 is 1.12 bits per heavy atom. The van der Waals surface area contributed by atoms with Gasteiger partial charge in [0.2, 0.25) is 0 Å². The molecule has 88 valence electrons. The van der Waals surface area contributed by atoms with Gasteiger partial charge in [-0.05, 0) is 11.1 Å². The van der Waals surface area contributed by atoms with Crippen molar-refractivity contribution < 1.29 is 0 Å². The highest BCUT2D eigenvalue weighted by Crippen LogP contribution is 2.17. The highest BCUT2D eigenvalue weighted by atomic mass is 14.0. The van der Waals surface area contributed by atoms with Gasteiger partial charge in [0.25, 0.3) is 0 Å². The summed E-state index contributed by atoms with van der Waals surface area (Å²) in [7, 11) is 2.19. The Hall–Kier alpha value is -1.50. The van der Waals surface area contributed by atoms with Crippen molar-refractivity contribution in [2.75, 3.05) is 0 Å². The minimum atomic E-state index is 0.500. The minimum Gasteiger partial charge on any atom is -0.0675 e. The summed E-state index contributed by atoms with van der Waals surface area (Å²) >= 11 is 0. The molecule has 0 bridgehead atoms. The topological polar surface area (TPSA) is 0 Å². The maximum Gasteiger partial charge on any atom is 0.108 e. The van der Waals surface area contributed by atoms with Crippen LogP contribution in [-0.4, -0.2) is 7.85 Å². The lowest BCUT2D eigenvalue weighted by molar-refractivity contribution is 0.767. The summed E-state index contributed by atoms with van der Waals surface area (Å²) in [6.45, 7) is 6.56. The van der Waals surface area contributed by atoms with Gasteiger partial charge in [0, 0.05) is 0 Å². The number of hydrogen-bond donors (Lipinski definition) is 0. The second-order valence-corrected chi connectivity index (χ2v) is 5.73. The van der Waals surface area contributed by atoms with E-state index in [1.165, 1.54) is 11.1 Å². The zero-order valence-electron chi connectivity index (χ0n) is 11.3. The number of rotatable bonds is 1. The molecule has 0 unspecified atom stereocenters. The molecule has 0 heterocycles. The fourth-order valence-electron chi connectivity index (χ4n) is 1.26. The summed E-state index contributed by atoms with van der Waals surface area (Å²) in [5.74, 6) is 0. The first-order chi connectivity index (χ1) is 7.97. The first-order valence-corrected chi connectivity index (χ1v) is 6.07. The van der Waals surface area contributed by atoms with Gasteiger partial charge < -0.3 is 0 Å². The molecule has 0 saturated heterocycles. The molecule has 0 atom stereocenters. The zero-order chi connectivity index (χ0) is 12.7. The molecule has 0 nitrogen and oxygen atoms in total. The fourth-order valence-corrected chi connectivity index (χ4v) is 1.26.